The highest BCUT2D eigenvalue weighted by atomic mass is 16.3. The second kappa shape index (κ2) is 9.04. The minimum atomic E-state index is -0.148. The summed E-state index contributed by atoms with van der Waals surface area (Å²) in [7, 11) is 0. The molecule has 2 nitrogen and oxygen atoms in total. The van der Waals surface area contributed by atoms with Gasteiger partial charge >= 0.3 is 0 Å². The molecular formula is C28H42O2. The van der Waals surface area contributed by atoms with E-state index >= 15 is 0 Å². The summed E-state index contributed by atoms with van der Waals surface area (Å²) in [4.78, 5) is 0. The smallest absolute Gasteiger partial charge is 0.123 e. The van der Waals surface area contributed by atoms with Crippen LogP contribution >= 0.6 is 0 Å². The molecule has 0 fully saturated rings. The lowest BCUT2D eigenvalue weighted by Crippen LogP contribution is -2.16. The van der Waals surface area contributed by atoms with Crippen LogP contribution in [-0.4, -0.2) is 10.2 Å². The summed E-state index contributed by atoms with van der Waals surface area (Å²) in [5.74, 6) is 0.740. The van der Waals surface area contributed by atoms with Crippen molar-refractivity contribution in [3.05, 3.63) is 57.6 Å². The zero-order valence-corrected chi connectivity index (χ0v) is 20.6. The van der Waals surface area contributed by atoms with Crippen molar-refractivity contribution in [3.8, 4) is 11.5 Å². The highest BCUT2D eigenvalue weighted by Gasteiger charge is 2.29. The zero-order chi connectivity index (χ0) is 22.9. The Labute approximate surface area is 184 Å². The molecule has 0 amide bonds. The molecule has 2 N–H and O–H groups in total. The molecule has 2 rings (SSSR count). The summed E-state index contributed by atoms with van der Waals surface area (Å²) in [5.41, 5.74) is 6.04. The van der Waals surface area contributed by atoms with Gasteiger partial charge in [-0.3, -0.25) is 0 Å². The topological polar surface area (TPSA) is 40.5 Å². The quantitative estimate of drug-likeness (QED) is 0.511. The molecule has 30 heavy (non-hydrogen) atoms. The van der Waals surface area contributed by atoms with Crippen LogP contribution in [0.5, 0.6) is 11.5 Å². The lowest BCUT2D eigenvalue weighted by molar-refractivity contribution is 0.424. The number of aryl methyl sites for hydroxylation is 2. The van der Waals surface area contributed by atoms with Gasteiger partial charge in [0.1, 0.15) is 11.5 Å². The first kappa shape index (κ1) is 24.3. The molecule has 2 aromatic rings. The Kier molecular flexibility index (Phi) is 7.32. The summed E-state index contributed by atoms with van der Waals surface area (Å²) >= 11 is 0. The molecular weight excluding hydrogens is 368 g/mol. The van der Waals surface area contributed by atoms with Crippen LogP contribution in [0.3, 0.4) is 0 Å². The molecule has 0 aliphatic heterocycles. The predicted octanol–water partition coefficient (Wildman–Crippen LogP) is 7.75. The van der Waals surface area contributed by atoms with E-state index in [-0.39, 0.29) is 16.7 Å². The molecule has 0 saturated heterocycles. The fourth-order valence-corrected chi connectivity index (χ4v) is 4.29. The first-order chi connectivity index (χ1) is 13.8. The minimum absolute atomic E-state index is 0.0322. The Hall–Kier alpha value is -1.96. The Morgan fingerprint density at radius 1 is 0.667 bits per heavy atom. The van der Waals surface area contributed by atoms with E-state index in [1.165, 1.54) is 11.1 Å². The van der Waals surface area contributed by atoms with Crippen LogP contribution in [0.4, 0.5) is 0 Å². The Morgan fingerprint density at radius 3 is 1.30 bits per heavy atom. The number of aromatic hydroxyl groups is 2. The molecule has 0 bridgehead atoms. The normalized spacial score (nSPS) is 12.6. The van der Waals surface area contributed by atoms with E-state index in [4.69, 9.17) is 0 Å². The summed E-state index contributed by atoms with van der Waals surface area (Å²) < 4.78 is 0. The van der Waals surface area contributed by atoms with Crippen LogP contribution in [0.15, 0.2) is 24.3 Å². The van der Waals surface area contributed by atoms with Crippen LogP contribution in [0.2, 0.25) is 0 Å². The van der Waals surface area contributed by atoms with Gasteiger partial charge in [0.15, 0.2) is 0 Å². The number of hydrogen-bond acceptors (Lipinski definition) is 2. The standard InChI is InChI=1S/C28H42O2/c1-10-13-20(21-14-18(11-2)16-23(25(21)29)27(4,5)6)22-15-19(12-3)17-24(26(22)30)28(7,8)9/h14-17,20,29-30H,10-13H2,1-9H3. The van der Waals surface area contributed by atoms with Crippen LogP contribution in [0, 0.1) is 0 Å². The minimum Gasteiger partial charge on any atom is -0.507 e. The predicted molar refractivity (Wildman–Crippen MR) is 129 cm³/mol. The largest absolute Gasteiger partial charge is 0.507 e. The van der Waals surface area contributed by atoms with Crippen molar-refractivity contribution in [2.45, 2.75) is 105 Å². The van der Waals surface area contributed by atoms with E-state index in [2.05, 4.69) is 86.6 Å². The Bertz CT molecular complexity index is 807. The van der Waals surface area contributed by atoms with Gasteiger partial charge in [-0.2, -0.15) is 0 Å². The second-order valence-corrected chi connectivity index (χ2v) is 10.7. The van der Waals surface area contributed by atoms with Crippen molar-refractivity contribution >= 4 is 0 Å². The van der Waals surface area contributed by atoms with Crippen molar-refractivity contribution < 1.29 is 10.2 Å². The van der Waals surface area contributed by atoms with Gasteiger partial charge in [-0.15, -0.1) is 0 Å². The molecule has 0 heterocycles. The molecule has 0 aromatic heterocycles. The van der Waals surface area contributed by atoms with Gasteiger partial charge in [-0.25, -0.2) is 0 Å². The van der Waals surface area contributed by atoms with Crippen molar-refractivity contribution in [2.24, 2.45) is 0 Å². The third-order valence-electron chi connectivity index (χ3n) is 6.16. The molecule has 2 heteroatoms. The van der Waals surface area contributed by atoms with Crippen LogP contribution < -0.4 is 0 Å². The van der Waals surface area contributed by atoms with Crippen LogP contribution in [0.1, 0.15) is 114 Å². The second-order valence-electron chi connectivity index (χ2n) is 10.7. The maximum Gasteiger partial charge on any atom is 0.123 e. The Morgan fingerprint density at radius 2 is 1.03 bits per heavy atom. The zero-order valence-electron chi connectivity index (χ0n) is 20.6. The van der Waals surface area contributed by atoms with E-state index in [1.807, 2.05) is 0 Å². The molecule has 0 saturated carbocycles. The maximum absolute atomic E-state index is 11.4. The fraction of sp³-hybridized carbons (Fsp3) is 0.571. The van der Waals surface area contributed by atoms with E-state index in [0.717, 1.165) is 47.9 Å². The monoisotopic (exact) mass is 410 g/mol. The van der Waals surface area contributed by atoms with Gasteiger partial charge < -0.3 is 10.2 Å². The number of rotatable bonds is 6. The van der Waals surface area contributed by atoms with Crippen molar-refractivity contribution in [3.63, 3.8) is 0 Å². The first-order valence-electron chi connectivity index (χ1n) is 11.6. The number of phenols is 2. The molecule has 0 aliphatic rings. The van der Waals surface area contributed by atoms with E-state index in [1.54, 1.807) is 0 Å². The highest BCUT2D eigenvalue weighted by molar-refractivity contribution is 5.56. The SMILES string of the molecule is CCCC(c1cc(CC)cc(C(C)(C)C)c1O)c1cc(CC)cc(C(C)(C)C)c1O. The number of hydrogen-bond donors (Lipinski definition) is 2. The number of phenolic OH excluding ortho intramolecular Hbond substituents is 2. The third-order valence-corrected chi connectivity index (χ3v) is 6.16. The van der Waals surface area contributed by atoms with Crippen molar-refractivity contribution in [1.82, 2.24) is 0 Å². The van der Waals surface area contributed by atoms with Gasteiger partial charge in [0.05, 0.1) is 0 Å². The lowest BCUT2D eigenvalue weighted by Gasteiger charge is -2.29. The van der Waals surface area contributed by atoms with Gasteiger partial charge in [0.25, 0.3) is 0 Å². The summed E-state index contributed by atoms with van der Waals surface area (Å²) in [6, 6.07) is 8.59. The third kappa shape index (κ3) is 5.02. The maximum atomic E-state index is 11.4. The average Bonchev–Trinajstić information content (AvgIpc) is 2.65. The van der Waals surface area contributed by atoms with Gasteiger partial charge in [-0.05, 0) is 52.3 Å². The van der Waals surface area contributed by atoms with E-state index in [9.17, 15) is 10.2 Å². The molecule has 0 spiro atoms. The highest BCUT2D eigenvalue weighted by Crippen LogP contribution is 2.46. The van der Waals surface area contributed by atoms with Crippen LogP contribution in [0.25, 0.3) is 0 Å². The molecule has 0 unspecified atom stereocenters. The van der Waals surface area contributed by atoms with E-state index < -0.39 is 0 Å². The fourth-order valence-electron chi connectivity index (χ4n) is 4.29. The van der Waals surface area contributed by atoms with Crippen molar-refractivity contribution in [2.75, 3.05) is 0 Å². The summed E-state index contributed by atoms with van der Waals surface area (Å²) in [6.45, 7) is 19.4. The lowest BCUT2D eigenvalue weighted by atomic mass is 9.76. The van der Waals surface area contributed by atoms with Crippen molar-refractivity contribution in [1.29, 1.82) is 0 Å². The molecule has 166 valence electrons. The Balaban J connectivity index is 2.85. The van der Waals surface area contributed by atoms with Crippen LogP contribution in [-0.2, 0) is 23.7 Å². The molecule has 0 radical (unpaired) electrons. The average molecular weight is 411 g/mol. The van der Waals surface area contributed by atoms with Gasteiger partial charge in [0, 0.05) is 17.0 Å². The van der Waals surface area contributed by atoms with E-state index in [0.29, 0.717) is 11.5 Å². The summed E-state index contributed by atoms with van der Waals surface area (Å²) in [5, 5.41) is 22.7. The molecule has 2 aromatic carbocycles. The first-order valence-corrected chi connectivity index (χ1v) is 11.6. The van der Waals surface area contributed by atoms with Gasteiger partial charge in [-0.1, -0.05) is 93.0 Å². The molecule has 0 aliphatic carbocycles. The number of benzene rings is 2. The van der Waals surface area contributed by atoms with Gasteiger partial charge in [0.2, 0.25) is 0 Å². The molecule has 0 atom stereocenters. The summed E-state index contributed by atoms with van der Waals surface area (Å²) in [6.07, 6.45) is 3.70.